The number of aliphatic hydroxyl groups is 3. The molecule has 2 saturated heterocycles. The molecule has 9 atom stereocenters. The van der Waals surface area contributed by atoms with Gasteiger partial charge in [0.25, 0.3) is 0 Å². The van der Waals surface area contributed by atoms with Gasteiger partial charge in [-0.2, -0.15) is 5.10 Å². The molecule has 3 aliphatic carbocycles. The number of hydrogen-bond acceptors (Lipinski definition) is 6. The van der Waals surface area contributed by atoms with Gasteiger partial charge in [0.2, 0.25) is 0 Å². The maximum atomic E-state index is 17.0. The standard InChI is InChI=1S/C29H36FN3O4/c1-15-17-6-5-16(13-20(17)32-31-15)18-7-8-22-26(18,2)10-9-19-24(35)29(30)25(36)23(34)21(33(3)4)14-27(29)11-12-28(19,22)37-27/h5-7,9,13,21-25,34-36H,8,10-12,14H2,1-4H3,(H,31,32)/t21-,22?,23+,24?,25-,26+,27+,28+,29?/m0/s1. The predicted octanol–water partition coefficient (Wildman–Crippen LogP) is 3.04. The summed E-state index contributed by atoms with van der Waals surface area (Å²) in [7, 11) is 3.64. The van der Waals surface area contributed by atoms with Gasteiger partial charge in [-0.1, -0.05) is 31.2 Å². The molecule has 2 bridgehead atoms. The molecule has 198 valence electrons. The van der Waals surface area contributed by atoms with Crippen molar-refractivity contribution in [2.24, 2.45) is 11.3 Å². The molecule has 2 spiro atoms. The second-order valence-corrected chi connectivity index (χ2v) is 12.6. The van der Waals surface area contributed by atoms with Crippen LogP contribution in [-0.4, -0.2) is 85.7 Å². The Morgan fingerprint density at radius 3 is 2.70 bits per heavy atom. The summed E-state index contributed by atoms with van der Waals surface area (Å²) in [5.74, 6) is 0.0343. The van der Waals surface area contributed by atoms with Crippen LogP contribution in [0.2, 0.25) is 0 Å². The lowest BCUT2D eigenvalue weighted by Gasteiger charge is -2.62. The normalized spacial score (nSPS) is 46.5. The van der Waals surface area contributed by atoms with E-state index >= 15 is 4.39 Å². The van der Waals surface area contributed by atoms with Crippen LogP contribution in [0, 0.1) is 18.3 Å². The average Bonchev–Trinajstić information content (AvgIpc) is 3.53. The molecule has 1 saturated carbocycles. The number of hydrogen-bond donors (Lipinski definition) is 4. The smallest absolute Gasteiger partial charge is 0.197 e. The molecule has 7 nitrogen and oxygen atoms in total. The van der Waals surface area contributed by atoms with Gasteiger partial charge < -0.3 is 25.0 Å². The van der Waals surface area contributed by atoms with Gasteiger partial charge in [0.15, 0.2) is 5.67 Å². The topological polar surface area (TPSA) is 102 Å². The fourth-order valence-corrected chi connectivity index (χ4v) is 8.84. The van der Waals surface area contributed by atoms with E-state index in [0.717, 1.165) is 28.6 Å². The number of aromatic amines is 1. The number of aromatic nitrogens is 2. The number of alkyl halides is 1. The molecule has 5 aliphatic rings. The molecule has 1 aromatic carbocycles. The van der Waals surface area contributed by atoms with Gasteiger partial charge in [0.1, 0.15) is 17.8 Å². The van der Waals surface area contributed by atoms with Gasteiger partial charge in [-0.05, 0) is 75.9 Å². The summed E-state index contributed by atoms with van der Waals surface area (Å²) in [4.78, 5) is 1.82. The van der Waals surface area contributed by atoms with Crippen LogP contribution in [0.1, 0.15) is 50.3 Å². The lowest BCUT2D eigenvalue weighted by atomic mass is 9.55. The Kier molecular flexibility index (Phi) is 4.73. The first kappa shape index (κ1) is 24.0. The van der Waals surface area contributed by atoms with E-state index < -0.39 is 41.2 Å². The third-order valence-electron chi connectivity index (χ3n) is 10.8. The number of allylic oxidation sites excluding steroid dienone is 3. The summed E-state index contributed by atoms with van der Waals surface area (Å²) in [5.41, 5.74) is 0.0270. The van der Waals surface area contributed by atoms with E-state index in [4.69, 9.17) is 4.74 Å². The lowest BCUT2D eigenvalue weighted by Crippen LogP contribution is -2.78. The average molecular weight is 510 g/mol. The molecular formula is C29H36FN3O4. The molecule has 2 aliphatic heterocycles. The van der Waals surface area contributed by atoms with E-state index in [1.165, 1.54) is 5.57 Å². The number of aliphatic hydroxyl groups excluding tert-OH is 3. The predicted molar refractivity (Wildman–Crippen MR) is 137 cm³/mol. The van der Waals surface area contributed by atoms with Crippen molar-refractivity contribution in [2.75, 3.05) is 14.1 Å². The maximum absolute atomic E-state index is 17.0. The van der Waals surface area contributed by atoms with Crippen LogP contribution in [0.3, 0.4) is 0 Å². The summed E-state index contributed by atoms with van der Waals surface area (Å²) < 4.78 is 23.9. The number of halogens is 1. The minimum absolute atomic E-state index is 0.0343. The van der Waals surface area contributed by atoms with Gasteiger partial charge in [0, 0.05) is 28.5 Å². The van der Waals surface area contributed by atoms with Crippen molar-refractivity contribution in [3.8, 4) is 0 Å². The minimum Gasteiger partial charge on any atom is -0.389 e. The Morgan fingerprint density at radius 2 is 1.95 bits per heavy atom. The molecule has 3 unspecified atom stereocenters. The molecule has 0 amide bonds. The van der Waals surface area contributed by atoms with Crippen molar-refractivity contribution >= 4 is 16.5 Å². The van der Waals surface area contributed by atoms with E-state index in [0.29, 0.717) is 24.8 Å². The number of likely N-dealkylation sites (N-methyl/N-ethyl adjacent to an activating group) is 1. The molecule has 3 fully saturated rings. The Morgan fingerprint density at radius 1 is 1.16 bits per heavy atom. The van der Waals surface area contributed by atoms with Crippen LogP contribution < -0.4 is 0 Å². The first-order valence-electron chi connectivity index (χ1n) is 13.4. The van der Waals surface area contributed by atoms with Crippen LogP contribution in [0.15, 0.2) is 35.9 Å². The third kappa shape index (κ3) is 2.66. The van der Waals surface area contributed by atoms with Gasteiger partial charge in [0.05, 0.1) is 17.2 Å². The van der Waals surface area contributed by atoms with E-state index in [1.807, 2.05) is 32.0 Å². The van der Waals surface area contributed by atoms with Crippen LogP contribution in [0.4, 0.5) is 4.39 Å². The van der Waals surface area contributed by atoms with Crippen LogP contribution in [0.25, 0.3) is 16.5 Å². The van der Waals surface area contributed by atoms with E-state index in [2.05, 4.69) is 41.4 Å². The van der Waals surface area contributed by atoms with Gasteiger partial charge in [-0.15, -0.1) is 0 Å². The highest BCUT2D eigenvalue weighted by atomic mass is 19.1. The van der Waals surface area contributed by atoms with Crippen LogP contribution in [0.5, 0.6) is 0 Å². The van der Waals surface area contributed by atoms with Crippen molar-refractivity contribution in [1.82, 2.24) is 15.1 Å². The van der Waals surface area contributed by atoms with Gasteiger partial charge in [-0.3, -0.25) is 5.10 Å². The summed E-state index contributed by atoms with van der Waals surface area (Å²) in [6.45, 7) is 4.28. The number of ether oxygens (including phenoxy) is 1. The zero-order valence-electron chi connectivity index (χ0n) is 21.8. The molecule has 7 rings (SSSR count). The first-order valence-corrected chi connectivity index (χ1v) is 13.4. The van der Waals surface area contributed by atoms with Gasteiger partial charge >= 0.3 is 0 Å². The maximum Gasteiger partial charge on any atom is 0.197 e. The molecule has 0 radical (unpaired) electrons. The number of H-pyrrole nitrogens is 1. The molecule has 4 N–H and O–H groups in total. The summed E-state index contributed by atoms with van der Waals surface area (Å²) in [5, 5.41) is 42.2. The summed E-state index contributed by atoms with van der Waals surface area (Å²) in [6, 6.07) is 5.93. The fourth-order valence-electron chi connectivity index (χ4n) is 8.84. The van der Waals surface area contributed by atoms with Crippen molar-refractivity contribution in [1.29, 1.82) is 0 Å². The largest absolute Gasteiger partial charge is 0.389 e. The number of nitrogens with zero attached hydrogens (tertiary/aromatic N) is 2. The zero-order valence-corrected chi connectivity index (χ0v) is 21.8. The van der Waals surface area contributed by atoms with Crippen LogP contribution >= 0.6 is 0 Å². The minimum atomic E-state index is -2.46. The number of benzene rings is 1. The molecule has 37 heavy (non-hydrogen) atoms. The molecule has 8 heteroatoms. The second kappa shape index (κ2) is 7.30. The first-order chi connectivity index (χ1) is 17.5. The third-order valence-corrected chi connectivity index (χ3v) is 10.8. The molecule has 2 aromatic rings. The van der Waals surface area contributed by atoms with E-state index in [1.54, 1.807) is 0 Å². The fraction of sp³-hybridized carbons (Fsp3) is 0.621. The molecular weight excluding hydrogens is 473 g/mol. The Bertz CT molecular complexity index is 1370. The Labute approximate surface area is 216 Å². The number of rotatable bonds is 2. The zero-order chi connectivity index (χ0) is 26.1. The highest BCUT2D eigenvalue weighted by Gasteiger charge is 2.79. The highest BCUT2D eigenvalue weighted by Crippen LogP contribution is 2.70. The van der Waals surface area contributed by atoms with Crippen molar-refractivity contribution < 1.29 is 24.4 Å². The highest BCUT2D eigenvalue weighted by molar-refractivity contribution is 5.86. The number of fused-ring (bicyclic) bond motifs is 2. The summed E-state index contributed by atoms with van der Waals surface area (Å²) in [6.07, 6.45) is 2.29. The van der Waals surface area contributed by atoms with Gasteiger partial charge in [-0.25, -0.2) is 4.39 Å². The quantitative estimate of drug-likeness (QED) is 0.465. The number of aryl methyl sites for hydroxylation is 1. The monoisotopic (exact) mass is 509 g/mol. The SMILES string of the molecule is Cc1[nH]nc2cc(C3=CCC4[C@]3(C)CC=C3C(O)C5(F)[C@@H](O)[C@H](O)[C@@H](N(C)C)C[C@]56CC[C@@]34O6)ccc12. The second-order valence-electron chi connectivity index (χ2n) is 12.6. The van der Waals surface area contributed by atoms with Crippen molar-refractivity contribution in [3.05, 3.63) is 47.2 Å². The molecule has 3 heterocycles. The van der Waals surface area contributed by atoms with E-state index in [9.17, 15) is 15.3 Å². The van der Waals surface area contributed by atoms with Crippen LogP contribution in [-0.2, 0) is 4.74 Å². The van der Waals surface area contributed by atoms with E-state index in [-0.39, 0.29) is 17.8 Å². The number of nitrogens with one attached hydrogen (secondary N) is 1. The van der Waals surface area contributed by atoms with Crippen molar-refractivity contribution in [3.63, 3.8) is 0 Å². The summed E-state index contributed by atoms with van der Waals surface area (Å²) >= 11 is 0. The Hall–Kier alpha value is -2.10. The lowest BCUT2D eigenvalue weighted by molar-refractivity contribution is -0.308. The molecule has 1 aromatic heterocycles. The Balaban J connectivity index is 1.32. The van der Waals surface area contributed by atoms with Crippen molar-refractivity contribution in [2.45, 2.75) is 87.2 Å².